The van der Waals surface area contributed by atoms with Gasteiger partial charge in [-0.15, -0.1) is 0 Å². The molecule has 7 heteroatoms. The molecular weight excluding hydrogens is 384 g/mol. The van der Waals surface area contributed by atoms with E-state index < -0.39 is 9.84 Å². The summed E-state index contributed by atoms with van der Waals surface area (Å²) in [5.41, 5.74) is 2.93. The SMILES string of the molecule is CCCS(=O)(=O)CCN1C(=O)CN=C(c2ccccc2)c2cc(Cl)ccc21. The fourth-order valence-electron chi connectivity index (χ4n) is 3.12. The molecule has 0 fully saturated rings. The number of sulfone groups is 1. The van der Waals surface area contributed by atoms with Crippen molar-refractivity contribution in [2.45, 2.75) is 13.3 Å². The van der Waals surface area contributed by atoms with Gasteiger partial charge in [-0.1, -0.05) is 48.9 Å². The number of anilines is 1. The van der Waals surface area contributed by atoms with Crippen LogP contribution in [0.2, 0.25) is 5.02 Å². The van der Waals surface area contributed by atoms with E-state index in [0.29, 0.717) is 22.8 Å². The highest BCUT2D eigenvalue weighted by molar-refractivity contribution is 7.91. The van der Waals surface area contributed by atoms with Gasteiger partial charge in [0.15, 0.2) is 9.84 Å². The number of amides is 1. The normalized spacial score (nSPS) is 14.5. The summed E-state index contributed by atoms with van der Waals surface area (Å²) >= 11 is 6.20. The Balaban J connectivity index is 2.01. The number of hydrogen-bond donors (Lipinski definition) is 0. The van der Waals surface area contributed by atoms with Crippen molar-refractivity contribution in [3.63, 3.8) is 0 Å². The lowest BCUT2D eigenvalue weighted by atomic mass is 10.0. The highest BCUT2D eigenvalue weighted by atomic mass is 35.5. The molecule has 1 heterocycles. The van der Waals surface area contributed by atoms with Crippen molar-refractivity contribution < 1.29 is 13.2 Å². The Morgan fingerprint density at radius 3 is 2.56 bits per heavy atom. The Hall–Kier alpha value is -2.18. The molecule has 5 nitrogen and oxygen atoms in total. The minimum Gasteiger partial charge on any atom is -0.309 e. The smallest absolute Gasteiger partial charge is 0.248 e. The molecule has 2 aromatic rings. The summed E-state index contributed by atoms with van der Waals surface area (Å²) in [6, 6.07) is 14.8. The Labute approximate surface area is 164 Å². The zero-order chi connectivity index (χ0) is 19.4. The number of fused-ring (bicyclic) bond motifs is 1. The zero-order valence-corrected chi connectivity index (χ0v) is 16.6. The third-order valence-electron chi connectivity index (χ3n) is 4.37. The fraction of sp³-hybridized carbons (Fsp3) is 0.300. The van der Waals surface area contributed by atoms with Crippen molar-refractivity contribution in [1.29, 1.82) is 0 Å². The lowest BCUT2D eigenvalue weighted by Gasteiger charge is -2.23. The molecule has 27 heavy (non-hydrogen) atoms. The molecule has 0 aromatic heterocycles. The zero-order valence-electron chi connectivity index (χ0n) is 15.1. The molecule has 0 saturated heterocycles. The Morgan fingerprint density at radius 1 is 1.11 bits per heavy atom. The van der Waals surface area contributed by atoms with Crippen molar-refractivity contribution in [2.75, 3.05) is 29.5 Å². The molecule has 0 bridgehead atoms. The summed E-state index contributed by atoms with van der Waals surface area (Å²) in [7, 11) is -3.20. The number of benzene rings is 2. The second kappa shape index (κ2) is 8.23. The van der Waals surface area contributed by atoms with Gasteiger partial charge >= 0.3 is 0 Å². The summed E-state index contributed by atoms with van der Waals surface area (Å²) in [5, 5.41) is 0.533. The summed E-state index contributed by atoms with van der Waals surface area (Å²) in [6.45, 7) is 1.89. The van der Waals surface area contributed by atoms with Gasteiger partial charge in [-0.3, -0.25) is 9.79 Å². The first-order valence-electron chi connectivity index (χ1n) is 8.82. The highest BCUT2D eigenvalue weighted by Gasteiger charge is 2.26. The monoisotopic (exact) mass is 404 g/mol. The average molecular weight is 405 g/mol. The van der Waals surface area contributed by atoms with E-state index in [4.69, 9.17) is 11.6 Å². The van der Waals surface area contributed by atoms with Crippen LogP contribution in [-0.2, 0) is 14.6 Å². The van der Waals surface area contributed by atoms with Crippen LogP contribution in [0.15, 0.2) is 53.5 Å². The lowest BCUT2D eigenvalue weighted by molar-refractivity contribution is -0.117. The number of nitrogens with zero attached hydrogens (tertiary/aromatic N) is 2. The van der Waals surface area contributed by atoms with Crippen molar-refractivity contribution >= 4 is 38.7 Å². The van der Waals surface area contributed by atoms with E-state index in [2.05, 4.69) is 4.99 Å². The van der Waals surface area contributed by atoms with E-state index in [1.165, 1.54) is 4.90 Å². The number of rotatable bonds is 6. The van der Waals surface area contributed by atoms with Gasteiger partial charge in [0.2, 0.25) is 5.91 Å². The number of carbonyl (C=O) groups excluding carboxylic acids is 1. The van der Waals surface area contributed by atoms with Gasteiger partial charge in [-0.2, -0.15) is 0 Å². The molecule has 2 aromatic carbocycles. The molecule has 1 amide bonds. The standard InChI is InChI=1S/C20H21ClN2O3S/c1-2-11-27(25,26)12-10-23-18-9-8-16(21)13-17(18)20(22-14-19(23)24)15-6-4-3-5-7-15/h3-9,13H,2,10-12,14H2,1H3. The molecule has 3 rings (SSSR count). The van der Waals surface area contributed by atoms with Gasteiger partial charge < -0.3 is 4.90 Å². The third kappa shape index (κ3) is 4.57. The molecule has 0 atom stereocenters. The molecule has 0 aliphatic carbocycles. The molecular formula is C20H21ClN2O3S. The molecule has 1 aliphatic heterocycles. The largest absolute Gasteiger partial charge is 0.309 e. The first-order valence-corrected chi connectivity index (χ1v) is 11.0. The predicted octanol–water partition coefficient (Wildman–Crippen LogP) is 3.35. The minimum atomic E-state index is -3.20. The summed E-state index contributed by atoms with van der Waals surface area (Å²) in [6.07, 6.45) is 0.559. The van der Waals surface area contributed by atoms with Crippen LogP contribution in [0.5, 0.6) is 0 Å². The maximum Gasteiger partial charge on any atom is 0.248 e. The number of halogens is 1. The van der Waals surface area contributed by atoms with Gasteiger partial charge in [-0.25, -0.2) is 8.42 Å². The summed E-state index contributed by atoms with van der Waals surface area (Å²) in [5.74, 6) is -0.181. The van der Waals surface area contributed by atoms with Crippen LogP contribution in [0.25, 0.3) is 0 Å². The van der Waals surface area contributed by atoms with E-state index >= 15 is 0 Å². The molecule has 0 saturated carbocycles. The molecule has 0 radical (unpaired) electrons. The van der Waals surface area contributed by atoms with Crippen LogP contribution in [0.3, 0.4) is 0 Å². The van der Waals surface area contributed by atoms with Crippen LogP contribution in [0, 0.1) is 0 Å². The summed E-state index contributed by atoms with van der Waals surface area (Å²) < 4.78 is 24.3. The van der Waals surface area contributed by atoms with Crippen LogP contribution in [0.4, 0.5) is 5.69 Å². The van der Waals surface area contributed by atoms with Crippen molar-refractivity contribution in [1.82, 2.24) is 0 Å². The number of hydrogen-bond acceptors (Lipinski definition) is 4. The van der Waals surface area contributed by atoms with Crippen molar-refractivity contribution in [3.8, 4) is 0 Å². The van der Waals surface area contributed by atoms with E-state index in [1.54, 1.807) is 18.2 Å². The number of aliphatic imine (C=N–C) groups is 1. The van der Waals surface area contributed by atoms with E-state index in [9.17, 15) is 13.2 Å². The van der Waals surface area contributed by atoms with Crippen molar-refractivity contribution in [2.24, 2.45) is 4.99 Å². The van der Waals surface area contributed by atoms with E-state index in [1.807, 2.05) is 37.3 Å². The quantitative estimate of drug-likeness (QED) is 0.741. The lowest BCUT2D eigenvalue weighted by Crippen LogP contribution is -2.37. The molecule has 1 aliphatic rings. The maximum atomic E-state index is 12.7. The van der Waals surface area contributed by atoms with Crippen LogP contribution in [0.1, 0.15) is 24.5 Å². The van der Waals surface area contributed by atoms with E-state index in [0.717, 1.165) is 11.1 Å². The number of benzodiazepines with no additional fused rings is 1. The predicted molar refractivity (Wildman–Crippen MR) is 110 cm³/mol. The summed E-state index contributed by atoms with van der Waals surface area (Å²) in [4.78, 5) is 18.7. The fourth-order valence-corrected chi connectivity index (χ4v) is 4.58. The van der Waals surface area contributed by atoms with Crippen LogP contribution < -0.4 is 4.90 Å². The maximum absolute atomic E-state index is 12.7. The van der Waals surface area contributed by atoms with E-state index in [-0.39, 0.29) is 30.5 Å². The molecule has 142 valence electrons. The minimum absolute atomic E-state index is 0.0373. The first-order chi connectivity index (χ1) is 12.9. The first kappa shape index (κ1) is 19.6. The molecule has 0 N–H and O–H groups in total. The van der Waals surface area contributed by atoms with Gasteiger partial charge in [-0.05, 0) is 24.6 Å². The molecule has 0 spiro atoms. The van der Waals surface area contributed by atoms with Crippen LogP contribution >= 0.6 is 11.6 Å². The second-order valence-corrected chi connectivity index (χ2v) is 9.13. The average Bonchev–Trinajstić information content (AvgIpc) is 2.77. The Kier molecular flexibility index (Phi) is 5.97. The molecule has 0 unspecified atom stereocenters. The van der Waals surface area contributed by atoms with Gasteiger partial charge in [0, 0.05) is 28.4 Å². The third-order valence-corrected chi connectivity index (χ3v) is 6.44. The topological polar surface area (TPSA) is 66.8 Å². The van der Waals surface area contributed by atoms with Crippen LogP contribution in [-0.4, -0.2) is 44.6 Å². The Bertz CT molecular complexity index is 972. The van der Waals surface area contributed by atoms with Gasteiger partial charge in [0.05, 0.1) is 17.2 Å². The van der Waals surface area contributed by atoms with Gasteiger partial charge in [0.1, 0.15) is 6.54 Å². The number of carbonyl (C=O) groups is 1. The Morgan fingerprint density at radius 2 is 1.85 bits per heavy atom. The van der Waals surface area contributed by atoms with Crippen molar-refractivity contribution in [3.05, 3.63) is 64.7 Å². The van der Waals surface area contributed by atoms with Gasteiger partial charge in [0.25, 0.3) is 0 Å². The second-order valence-electron chi connectivity index (χ2n) is 6.39. The highest BCUT2D eigenvalue weighted by Crippen LogP contribution is 2.29.